The molecule has 1 N–H and O–H groups in total. The number of methoxy groups -OCH3 is 1. The first kappa shape index (κ1) is 21.0. The van der Waals surface area contributed by atoms with Gasteiger partial charge < -0.3 is 15.0 Å². The van der Waals surface area contributed by atoms with Crippen molar-refractivity contribution in [2.75, 3.05) is 38.2 Å². The van der Waals surface area contributed by atoms with E-state index in [-0.39, 0.29) is 12.1 Å². The van der Waals surface area contributed by atoms with Crippen LogP contribution < -0.4 is 15.0 Å². The number of nitrogens with one attached hydrogen (secondary N) is 1. The molecule has 2 aromatic rings. The number of halogens is 1. The number of likely N-dealkylation sites (tertiary alicyclic amines) is 1. The summed E-state index contributed by atoms with van der Waals surface area (Å²) in [4.78, 5) is 16.9. The summed E-state index contributed by atoms with van der Waals surface area (Å²) in [6, 6.07) is 16.0. The molecule has 2 fully saturated rings. The molecule has 2 aromatic carbocycles. The number of para-hydroxylation sites is 1. The van der Waals surface area contributed by atoms with Crippen LogP contribution in [0.25, 0.3) is 0 Å². The SMILES string of the molecule is COc1ccc(Cl)c(CC2CCN(CC3CCN(c4ccccc4)C(=O)N3)CC2)c1. The molecule has 160 valence electrons. The summed E-state index contributed by atoms with van der Waals surface area (Å²) in [6.07, 6.45) is 4.28. The summed E-state index contributed by atoms with van der Waals surface area (Å²) < 4.78 is 5.34. The van der Waals surface area contributed by atoms with Crippen molar-refractivity contribution in [1.29, 1.82) is 0 Å². The van der Waals surface area contributed by atoms with Gasteiger partial charge in [0.2, 0.25) is 0 Å². The highest BCUT2D eigenvalue weighted by atomic mass is 35.5. The quantitative estimate of drug-likeness (QED) is 0.733. The minimum Gasteiger partial charge on any atom is -0.497 e. The van der Waals surface area contributed by atoms with Crippen LogP contribution >= 0.6 is 11.6 Å². The minimum atomic E-state index is 0.0139. The Bertz CT molecular complexity index is 853. The fraction of sp³-hybridized carbons (Fsp3) is 0.458. The normalized spacial score (nSPS) is 20.8. The number of carbonyl (C=O) groups is 1. The van der Waals surface area contributed by atoms with Crippen LogP contribution in [-0.4, -0.2) is 50.3 Å². The fourth-order valence-corrected chi connectivity index (χ4v) is 4.73. The minimum absolute atomic E-state index is 0.0139. The van der Waals surface area contributed by atoms with Gasteiger partial charge in [-0.2, -0.15) is 0 Å². The highest BCUT2D eigenvalue weighted by molar-refractivity contribution is 6.31. The smallest absolute Gasteiger partial charge is 0.322 e. The molecule has 2 heterocycles. The molecule has 1 atom stereocenters. The summed E-state index contributed by atoms with van der Waals surface area (Å²) in [5, 5.41) is 4.02. The molecule has 2 saturated heterocycles. The lowest BCUT2D eigenvalue weighted by Gasteiger charge is -2.38. The number of hydrogen-bond donors (Lipinski definition) is 1. The number of rotatable bonds is 6. The first-order chi connectivity index (χ1) is 14.6. The van der Waals surface area contributed by atoms with Crippen LogP contribution in [0.4, 0.5) is 10.5 Å². The van der Waals surface area contributed by atoms with Crippen LogP contribution in [0, 0.1) is 5.92 Å². The highest BCUT2D eigenvalue weighted by Crippen LogP contribution is 2.28. The fourth-order valence-electron chi connectivity index (χ4n) is 4.53. The van der Waals surface area contributed by atoms with E-state index in [1.807, 2.05) is 47.4 Å². The molecule has 6 heteroatoms. The molecule has 0 aromatic heterocycles. The van der Waals surface area contributed by atoms with Gasteiger partial charge in [0.25, 0.3) is 0 Å². The number of carbonyl (C=O) groups excluding carboxylic acids is 1. The molecule has 4 rings (SSSR count). The predicted octanol–water partition coefficient (Wildman–Crippen LogP) is 4.59. The van der Waals surface area contributed by atoms with Gasteiger partial charge in [0, 0.05) is 29.8 Å². The second-order valence-electron chi connectivity index (χ2n) is 8.33. The Morgan fingerprint density at radius 1 is 1.07 bits per heavy atom. The van der Waals surface area contributed by atoms with Crippen LogP contribution in [0.15, 0.2) is 48.5 Å². The van der Waals surface area contributed by atoms with Crippen molar-refractivity contribution in [2.24, 2.45) is 5.92 Å². The second-order valence-corrected chi connectivity index (χ2v) is 8.73. The van der Waals surface area contributed by atoms with Crippen LogP contribution in [0.1, 0.15) is 24.8 Å². The van der Waals surface area contributed by atoms with E-state index in [0.717, 1.165) is 68.3 Å². The maximum Gasteiger partial charge on any atom is 0.322 e. The summed E-state index contributed by atoms with van der Waals surface area (Å²) in [6.45, 7) is 3.84. The summed E-state index contributed by atoms with van der Waals surface area (Å²) in [7, 11) is 1.69. The number of anilines is 1. The molecule has 0 spiro atoms. The molecular weight excluding hydrogens is 398 g/mol. The van der Waals surface area contributed by atoms with E-state index >= 15 is 0 Å². The van der Waals surface area contributed by atoms with Gasteiger partial charge in [0.05, 0.1) is 7.11 Å². The highest BCUT2D eigenvalue weighted by Gasteiger charge is 2.28. The van der Waals surface area contributed by atoms with Crippen molar-refractivity contribution in [3.63, 3.8) is 0 Å². The summed E-state index contributed by atoms with van der Waals surface area (Å²) in [5.41, 5.74) is 2.14. The molecular formula is C24H30ClN3O2. The maximum atomic E-state index is 12.6. The Morgan fingerprint density at radius 2 is 1.83 bits per heavy atom. The Hall–Kier alpha value is -2.24. The average molecular weight is 428 g/mol. The lowest BCUT2D eigenvalue weighted by Crippen LogP contribution is -2.56. The third-order valence-corrected chi connectivity index (χ3v) is 6.66. The first-order valence-corrected chi connectivity index (χ1v) is 11.2. The topological polar surface area (TPSA) is 44.8 Å². The number of benzene rings is 2. The largest absolute Gasteiger partial charge is 0.497 e. The standard InChI is InChI=1S/C24H30ClN3O2/c1-30-22-7-8-23(25)19(16-22)15-18-9-12-27(13-10-18)17-20-11-14-28(24(29)26-20)21-5-3-2-4-6-21/h2-8,16,18,20H,9-15,17H2,1H3,(H,26,29). The molecule has 1 unspecified atom stereocenters. The molecule has 30 heavy (non-hydrogen) atoms. The zero-order valence-corrected chi connectivity index (χ0v) is 18.3. The summed E-state index contributed by atoms with van der Waals surface area (Å²) in [5.74, 6) is 1.50. The van der Waals surface area contributed by atoms with Crippen molar-refractivity contribution in [2.45, 2.75) is 31.7 Å². The van der Waals surface area contributed by atoms with E-state index in [9.17, 15) is 4.79 Å². The van der Waals surface area contributed by atoms with Crippen LogP contribution in [-0.2, 0) is 6.42 Å². The predicted molar refractivity (Wildman–Crippen MR) is 122 cm³/mol. The number of nitrogens with zero attached hydrogens (tertiary/aromatic N) is 2. The molecule has 0 bridgehead atoms. The van der Waals surface area contributed by atoms with Gasteiger partial charge in [0.15, 0.2) is 0 Å². The number of hydrogen-bond acceptors (Lipinski definition) is 3. The lowest BCUT2D eigenvalue weighted by molar-refractivity contribution is 0.162. The molecule has 5 nitrogen and oxygen atoms in total. The zero-order valence-electron chi connectivity index (χ0n) is 17.5. The Labute approximate surface area is 184 Å². The molecule has 0 saturated carbocycles. The Balaban J connectivity index is 1.24. The molecule has 2 aliphatic heterocycles. The van der Waals surface area contributed by atoms with E-state index < -0.39 is 0 Å². The summed E-state index contributed by atoms with van der Waals surface area (Å²) >= 11 is 6.39. The molecule has 0 aliphatic carbocycles. The van der Waals surface area contributed by atoms with Gasteiger partial charge in [-0.1, -0.05) is 29.8 Å². The molecule has 2 amide bonds. The number of ether oxygens (including phenoxy) is 1. The van der Waals surface area contributed by atoms with E-state index in [4.69, 9.17) is 16.3 Å². The second kappa shape index (κ2) is 9.71. The van der Waals surface area contributed by atoms with E-state index in [2.05, 4.69) is 16.3 Å². The van der Waals surface area contributed by atoms with Crippen molar-refractivity contribution in [3.05, 3.63) is 59.1 Å². The number of urea groups is 1. The average Bonchev–Trinajstić information content (AvgIpc) is 2.77. The number of piperidine rings is 1. The Kier molecular flexibility index (Phi) is 6.80. The van der Waals surface area contributed by atoms with Gasteiger partial charge in [0.1, 0.15) is 5.75 Å². The van der Waals surface area contributed by atoms with E-state index in [0.29, 0.717) is 5.92 Å². The van der Waals surface area contributed by atoms with Gasteiger partial charge in [-0.3, -0.25) is 4.90 Å². The lowest BCUT2D eigenvalue weighted by atomic mass is 9.90. The van der Waals surface area contributed by atoms with Crippen LogP contribution in [0.2, 0.25) is 5.02 Å². The van der Waals surface area contributed by atoms with E-state index in [1.165, 1.54) is 5.56 Å². The van der Waals surface area contributed by atoms with Crippen LogP contribution in [0.3, 0.4) is 0 Å². The third-order valence-electron chi connectivity index (χ3n) is 6.29. The maximum absolute atomic E-state index is 12.6. The van der Waals surface area contributed by atoms with E-state index in [1.54, 1.807) is 7.11 Å². The molecule has 0 radical (unpaired) electrons. The van der Waals surface area contributed by atoms with Crippen molar-refractivity contribution < 1.29 is 9.53 Å². The zero-order chi connectivity index (χ0) is 20.9. The van der Waals surface area contributed by atoms with Gasteiger partial charge >= 0.3 is 6.03 Å². The number of amides is 2. The van der Waals surface area contributed by atoms with Gasteiger partial charge in [-0.15, -0.1) is 0 Å². The van der Waals surface area contributed by atoms with Gasteiger partial charge in [-0.25, -0.2) is 4.79 Å². The first-order valence-electron chi connectivity index (χ1n) is 10.8. The molecule has 2 aliphatic rings. The third kappa shape index (κ3) is 5.08. The Morgan fingerprint density at radius 3 is 2.53 bits per heavy atom. The monoisotopic (exact) mass is 427 g/mol. The van der Waals surface area contributed by atoms with Crippen molar-refractivity contribution in [1.82, 2.24) is 10.2 Å². The van der Waals surface area contributed by atoms with Crippen molar-refractivity contribution >= 4 is 23.3 Å². The van der Waals surface area contributed by atoms with Gasteiger partial charge in [-0.05, 0) is 80.6 Å². The van der Waals surface area contributed by atoms with Crippen LogP contribution in [0.5, 0.6) is 5.75 Å². The van der Waals surface area contributed by atoms with Crippen molar-refractivity contribution in [3.8, 4) is 5.75 Å².